The van der Waals surface area contributed by atoms with Crippen molar-refractivity contribution in [3.63, 3.8) is 0 Å². The third-order valence-corrected chi connectivity index (χ3v) is 4.31. The van der Waals surface area contributed by atoms with E-state index in [1.54, 1.807) is 0 Å². The Labute approximate surface area is 119 Å². The van der Waals surface area contributed by atoms with Crippen LogP contribution in [-0.2, 0) is 9.59 Å². The van der Waals surface area contributed by atoms with Gasteiger partial charge in [0.25, 0.3) is 0 Å². The Morgan fingerprint density at radius 1 is 1.43 bits per heavy atom. The topological polar surface area (TPSA) is 86.5 Å². The first-order valence-electron chi connectivity index (χ1n) is 6.62. The van der Waals surface area contributed by atoms with Crippen LogP contribution in [0.1, 0.15) is 30.7 Å². The number of halogens is 1. The Hall–Kier alpha value is -2.31. The molecule has 1 heterocycles. The van der Waals surface area contributed by atoms with Crippen LogP contribution in [0.25, 0.3) is 0 Å². The number of nitro groups is 1. The summed E-state index contributed by atoms with van der Waals surface area (Å²) >= 11 is 0. The molecule has 1 aliphatic carbocycles. The molecule has 21 heavy (non-hydrogen) atoms. The lowest BCUT2D eigenvalue weighted by Crippen LogP contribution is -2.48. The highest BCUT2D eigenvalue weighted by molar-refractivity contribution is 6.08. The van der Waals surface area contributed by atoms with Crippen LogP contribution in [0.15, 0.2) is 18.2 Å². The smallest absolute Gasteiger partial charge is 0.325 e. The molecule has 1 aliphatic heterocycles. The average Bonchev–Trinajstić information content (AvgIpc) is 2.79. The highest BCUT2D eigenvalue weighted by Crippen LogP contribution is 2.52. The molecular weight excluding hydrogens is 281 g/mol. The standard InChI is InChI=1S/C14H12FNO5/c15-8-3-4-11-9(6-8)10(7-16(19)20)14(13(18)21-11)5-1-2-12(14)17/h3-4,6,10H,1-2,5,7H2/t10-,14+/m1/s1. The summed E-state index contributed by atoms with van der Waals surface area (Å²) in [5.74, 6) is -2.57. The molecule has 6 nitrogen and oxygen atoms in total. The molecule has 1 aromatic rings. The summed E-state index contributed by atoms with van der Waals surface area (Å²) < 4.78 is 18.6. The fraction of sp³-hybridized carbons (Fsp3) is 0.429. The van der Waals surface area contributed by atoms with Gasteiger partial charge in [0.05, 0.1) is 5.92 Å². The highest BCUT2D eigenvalue weighted by Gasteiger charge is 2.60. The van der Waals surface area contributed by atoms with Gasteiger partial charge in [-0.1, -0.05) is 0 Å². The molecule has 1 fully saturated rings. The van der Waals surface area contributed by atoms with Gasteiger partial charge in [0.1, 0.15) is 17.0 Å². The molecule has 0 radical (unpaired) electrons. The van der Waals surface area contributed by atoms with Gasteiger partial charge in [-0.25, -0.2) is 4.39 Å². The minimum absolute atomic E-state index is 0.0959. The van der Waals surface area contributed by atoms with Gasteiger partial charge in [0.2, 0.25) is 6.54 Å². The second kappa shape index (κ2) is 4.61. The number of Topliss-reactive ketones (excluding diaryl/α,β-unsaturated/α-hetero) is 1. The number of ketones is 1. The minimum atomic E-state index is -1.53. The molecule has 2 aliphatic rings. The molecule has 0 N–H and O–H groups in total. The quantitative estimate of drug-likeness (QED) is 0.273. The SMILES string of the molecule is O=C1CCC[C@@]12C(=O)Oc1ccc(F)cc1[C@H]2C[N+](=O)[O-]. The lowest BCUT2D eigenvalue weighted by atomic mass is 9.68. The van der Waals surface area contributed by atoms with E-state index in [-0.39, 0.29) is 29.9 Å². The number of nitrogens with zero attached hydrogens (tertiary/aromatic N) is 1. The van der Waals surface area contributed by atoms with E-state index >= 15 is 0 Å². The van der Waals surface area contributed by atoms with E-state index in [2.05, 4.69) is 0 Å². The van der Waals surface area contributed by atoms with Gasteiger partial charge < -0.3 is 4.74 Å². The van der Waals surface area contributed by atoms with Crippen molar-refractivity contribution in [3.8, 4) is 5.75 Å². The lowest BCUT2D eigenvalue weighted by Gasteiger charge is -2.36. The number of fused-ring (bicyclic) bond motifs is 1. The van der Waals surface area contributed by atoms with Crippen LogP contribution in [-0.4, -0.2) is 23.2 Å². The summed E-state index contributed by atoms with van der Waals surface area (Å²) in [6.07, 6.45) is 0.875. The van der Waals surface area contributed by atoms with Crippen LogP contribution in [0.4, 0.5) is 4.39 Å². The van der Waals surface area contributed by atoms with Crippen LogP contribution in [0, 0.1) is 21.3 Å². The Balaban J connectivity index is 2.19. The lowest BCUT2D eigenvalue weighted by molar-refractivity contribution is -0.485. The van der Waals surface area contributed by atoms with E-state index in [9.17, 15) is 24.1 Å². The molecule has 1 aromatic carbocycles. The number of ether oxygens (including phenoxy) is 1. The van der Waals surface area contributed by atoms with E-state index in [1.165, 1.54) is 6.07 Å². The second-order valence-corrected chi connectivity index (χ2v) is 5.39. The monoisotopic (exact) mass is 293 g/mol. The fourth-order valence-electron chi connectivity index (χ4n) is 3.36. The second-order valence-electron chi connectivity index (χ2n) is 5.39. The van der Waals surface area contributed by atoms with Crippen LogP contribution in [0.5, 0.6) is 5.75 Å². The molecular formula is C14H12FNO5. The zero-order chi connectivity index (χ0) is 15.2. The maximum atomic E-state index is 13.5. The molecule has 110 valence electrons. The third-order valence-electron chi connectivity index (χ3n) is 4.31. The molecule has 1 spiro atoms. The summed E-state index contributed by atoms with van der Waals surface area (Å²) in [5, 5.41) is 11.0. The third kappa shape index (κ3) is 1.91. The van der Waals surface area contributed by atoms with Gasteiger partial charge in [-0.05, 0) is 31.0 Å². The molecule has 0 bridgehead atoms. The van der Waals surface area contributed by atoms with E-state index in [1.807, 2.05) is 0 Å². The minimum Gasteiger partial charge on any atom is -0.425 e. The summed E-state index contributed by atoms with van der Waals surface area (Å²) in [7, 11) is 0. The van der Waals surface area contributed by atoms with E-state index in [4.69, 9.17) is 4.74 Å². The molecule has 3 rings (SSSR count). The van der Waals surface area contributed by atoms with Crippen LogP contribution in [0.3, 0.4) is 0 Å². The summed E-state index contributed by atoms with van der Waals surface area (Å²) in [5.41, 5.74) is -1.31. The van der Waals surface area contributed by atoms with Crippen molar-refractivity contribution < 1.29 is 23.6 Å². The maximum absolute atomic E-state index is 13.5. The summed E-state index contributed by atoms with van der Waals surface area (Å²) in [6.45, 7) is -0.600. The van der Waals surface area contributed by atoms with Gasteiger partial charge in [0, 0.05) is 16.9 Å². The van der Waals surface area contributed by atoms with Crippen molar-refractivity contribution >= 4 is 11.8 Å². The Morgan fingerprint density at radius 3 is 2.81 bits per heavy atom. The number of benzene rings is 1. The van der Waals surface area contributed by atoms with E-state index in [0.717, 1.165) is 12.1 Å². The van der Waals surface area contributed by atoms with Gasteiger partial charge in [-0.2, -0.15) is 0 Å². The van der Waals surface area contributed by atoms with Crippen molar-refractivity contribution in [2.24, 2.45) is 5.41 Å². The van der Waals surface area contributed by atoms with Crippen LogP contribution in [0.2, 0.25) is 0 Å². The Morgan fingerprint density at radius 2 is 2.19 bits per heavy atom. The molecule has 7 heteroatoms. The Bertz CT molecular complexity index is 659. The number of carbonyl (C=O) groups excluding carboxylic acids is 2. The first-order chi connectivity index (χ1) is 9.95. The first kappa shape index (κ1) is 13.7. The number of hydrogen-bond donors (Lipinski definition) is 0. The van der Waals surface area contributed by atoms with Crippen LogP contribution >= 0.6 is 0 Å². The van der Waals surface area contributed by atoms with E-state index in [0.29, 0.717) is 6.42 Å². The van der Waals surface area contributed by atoms with Crippen molar-refractivity contribution in [2.45, 2.75) is 25.2 Å². The molecule has 1 saturated carbocycles. The summed E-state index contributed by atoms with van der Waals surface area (Å²) in [4.78, 5) is 34.9. The first-order valence-corrected chi connectivity index (χ1v) is 6.62. The predicted octanol–water partition coefficient (Wildman–Crippen LogP) is 1.84. The largest absolute Gasteiger partial charge is 0.425 e. The number of carbonyl (C=O) groups is 2. The van der Waals surface area contributed by atoms with Crippen molar-refractivity contribution in [3.05, 3.63) is 39.7 Å². The molecule has 2 atom stereocenters. The van der Waals surface area contributed by atoms with Gasteiger partial charge in [-0.15, -0.1) is 0 Å². The van der Waals surface area contributed by atoms with Crippen molar-refractivity contribution in [1.29, 1.82) is 0 Å². The molecule has 0 amide bonds. The summed E-state index contributed by atoms with van der Waals surface area (Å²) in [6, 6.07) is 3.49. The van der Waals surface area contributed by atoms with Crippen molar-refractivity contribution in [1.82, 2.24) is 0 Å². The van der Waals surface area contributed by atoms with Gasteiger partial charge in [-0.3, -0.25) is 19.7 Å². The molecule has 0 aromatic heterocycles. The number of rotatable bonds is 2. The zero-order valence-corrected chi connectivity index (χ0v) is 11.0. The fourth-order valence-corrected chi connectivity index (χ4v) is 3.36. The highest BCUT2D eigenvalue weighted by atomic mass is 19.1. The van der Waals surface area contributed by atoms with Crippen LogP contribution < -0.4 is 4.74 Å². The molecule has 0 saturated heterocycles. The normalized spacial score (nSPS) is 27.6. The zero-order valence-electron chi connectivity index (χ0n) is 11.0. The maximum Gasteiger partial charge on any atom is 0.325 e. The number of hydrogen-bond acceptors (Lipinski definition) is 5. The average molecular weight is 293 g/mol. The Kier molecular flexibility index (Phi) is 3.00. The predicted molar refractivity (Wildman–Crippen MR) is 67.9 cm³/mol. The van der Waals surface area contributed by atoms with E-state index < -0.39 is 34.6 Å². The van der Waals surface area contributed by atoms with Gasteiger partial charge in [0.15, 0.2) is 5.78 Å². The number of esters is 1. The van der Waals surface area contributed by atoms with Crippen molar-refractivity contribution in [2.75, 3.05) is 6.54 Å². The molecule has 0 unspecified atom stereocenters. The van der Waals surface area contributed by atoms with Gasteiger partial charge >= 0.3 is 5.97 Å².